The summed E-state index contributed by atoms with van der Waals surface area (Å²) >= 11 is 3.42. The molecule has 0 radical (unpaired) electrons. The summed E-state index contributed by atoms with van der Waals surface area (Å²) in [6, 6.07) is 15.4. The molecule has 0 atom stereocenters. The lowest BCUT2D eigenvalue weighted by Crippen LogP contribution is -2.25. The molecular formula is C32H32BrN5O6. The molecule has 0 unspecified atom stereocenters. The van der Waals surface area contributed by atoms with Crippen molar-refractivity contribution in [3.05, 3.63) is 96.5 Å². The van der Waals surface area contributed by atoms with Crippen LogP contribution in [0.25, 0.3) is 10.9 Å². The van der Waals surface area contributed by atoms with Gasteiger partial charge in [0.1, 0.15) is 5.82 Å². The van der Waals surface area contributed by atoms with E-state index in [1.165, 1.54) is 23.0 Å². The van der Waals surface area contributed by atoms with Crippen molar-refractivity contribution in [1.82, 2.24) is 9.66 Å². The topological polar surface area (TPSA) is 138 Å². The van der Waals surface area contributed by atoms with Crippen molar-refractivity contribution < 1.29 is 19.2 Å². The third-order valence-electron chi connectivity index (χ3n) is 7.36. The van der Waals surface area contributed by atoms with E-state index in [1.54, 1.807) is 31.2 Å². The first-order chi connectivity index (χ1) is 21.2. The number of carbonyl (C=O) groups excluding carboxylic acids is 1. The largest absolute Gasteiger partial charge is 0.490 e. The van der Waals surface area contributed by atoms with E-state index in [2.05, 4.69) is 26.3 Å². The molecule has 1 aromatic heterocycles. The molecule has 11 nitrogen and oxygen atoms in total. The molecule has 1 heterocycles. The number of aryl methyl sites for hydroxylation is 1. The average molecular weight is 663 g/mol. The van der Waals surface area contributed by atoms with Crippen molar-refractivity contribution in [2.75, 3.05) is 18.5 Å². The number of halogens is 1. The first-order valence-electron chi connectivity index (χ1n) is 14.4. The molecule has 1 aliphatic rings. The van der Waals surface area contributed by atoms with E-state index in [0.717, 1.165) is 42.1 Å². The summed E-state index contributed by atoms with van der Waals surface area (Å²) in [6.45, 7) is 3.39. The minimum Gasteiger partial charge on any atom is -0.490 e. The number of ether oxygens (including phenoxy) is 2. The Balaban J connectivity index is 1.48. The van der Waals surface area contributed by atoms with Gasteiger partial charge in [-0.15, -0.1) is 0 Å². The van der Waals surface area contributed by atoms with E-state index in [1.807, 2.05) is 25.1 Å². The summed E-state index contributed by atoms with van der Waals surface area (Å²) in [4.78, 5) is 42.5. The molecule has 1 fully saturated rings. The second kappa shape index (κ2) is 13.8. The van der Waals surface area contributed by atoms with Crippen LogP contribution in [0.4, 0.5) is 11.4 Å². The SMILES string of the molecule is CCOc1cc(C=Nn2c(C3CCCCC3)nc3ccc(Br)cc3c2=O)cc([N+](=O)[O-])c1OCC(=O)Nc1ccc(C)cc1. The van der Waals surface area contributed by atoms with Crippen LogP contribution < -0.4 is 20.3 Å². The second-order valence-electron chi connectivity index (χ2n) is 10.6. The second-order valence-corrected chi connectivity index (χ2v) is 11.5. The van der Waals surface area contributed by atoms with Gasteiger partial charge in [-0.3, -0.25) is 19.7 Å². The lowest BCUT2D eigenvalue weighted by molar-refractivity contribution is -0.385. The van der Waals surface area contributed by atoms with Gasteiger partial charge in [-0.25, -0.2) is 4.98 Å². The number of anilines is 1. The molecule has 228 valence electrons. The highest BCUT2D eigenvalue weighted by Crippen LogP contribution is 2.38. The number of fused-ring (bicyclic) bond motifs is 1. The van der Waals surface area contributed by atoms with Crippen LogP contribution in [0.3, 0.4) is 0 Å². The van der Waals surface area contributed by atoms with Crippen LogP contribution >= 0.6 is 15.9 Å². The van der Waals surface area contributed by atoms with Crippen molar-refractivity contribution in [2.24, 2.45) is 5.10 Å². The maximum Gasteiger partial charge on any atom is 0.315 e. The number of amides is 1. The summed E-state index contributed by atoms with van der Waals surface area (Å²) in [5, 5.41) is 19.7. The minimum absolute atomic E-state index is 0.0665. The highest BCUT2D eigenvalue weighted by atomic mass is 79.9. The van der Waals surface area contributed by atoms with Gasteiger partial charge in [-0.1, -0.05) is 52.9 Å². The van der Waals surface area contributed by atoms with Crippen LogP contribution in [0.1, 0.15) is 61.9 Å². The summed E-state index contributed by atoms with van der Waals surface area (Å²) < 4.78 is 13.4. The number of nitrogens with one attached hydrogen (secondary N) is 1. The van der Waals surface area contributed by atoms with Gasteiger partial charge in [-0.2, -0.15) is 9.78 Å². The van der Waals surface area contributed by atoms with E-state index < -0.39 is 23.1 Å². The normalized spacial score (nSPS) is 13.7. The molecule has 1 aliphatic carbocycles. The van der Waals surface area contributed by atoms with Gasteiger partial charge in [0.15, 0.2) is 12.4 Å². The monoisotopic (exact) mass is 661 g/mol. The van der Waals surface area contributed by atoms with Crippen molar-refractivity contribution >= 4 is 50.3 Å². The lowest BCUT2D eigenvalue weighted by atomic mass is 9.88. The number of hydrogen-bond acceptors (Lipinski definition) is 8. The molecule has 4 aromatic rings. The molecule has 5 rings (SSSR count). The fourth-order valence-electron chi connectivity index (χ4n) is 5.22. The Hall–Kier alpha value is -4.58. The van der Waals surface area contributed by atoms with Crippen LogP contribution in [0, 0.1) is 17.0 Å². The van der Waals surface area contributed by atoms with Gasteiger partial charge < -0.3 is 14.8 Å². The Morgan fingerprint density at radius 3 is 2.59 bits per heavy atom. The van der Waals surface area contributed by atoms with Crippen molar-refractivity contribution in [3.8, 4) is 11.5 Å². The van der Waals surface area contributed by atoms with Crippen LogP contribution in [0.2, 0.25) is 0 Å². The fourth-order valence-corrected chi connectivity index (χ4v) is 5.59. The number of nitro benzene ring substituents is 1. The smallest absolute Gasteiger partial charge is 0.315 e. The molecule has 1 saturated carbocycles. The van der Waals surface area contributed by atoms with E-state index >= 15 is 0 Å². The average Bonchev–Trinajstić information content (AvgIpc) is 3.01. The van der Waals surface area contributed by atoms with Gasteiger partial charge in [0, 0.05) is 27.7 Å². The molecule has 0 saturated heterocycles. The molecule has 1 N–H and O–H groups in total. The van der Waals surface area contributed by atoms with E-state index in [0.29, 0.717) is 28.0 Å². The van der Waals surface area contributed by atoms with Crippen molar-refractivity contribution in [1.29, 1.82) is 0 Å². The number of nitrogens with zero attached hydrogens (tertiary/aromatic N) is 4. The first-order valence-corrected chi connectivity index (χ1v) is 15.2. The summed E-state index contributed by atoms with van der Waals surface area (Å²) in [6.07, 6.45) is 6.38. The van der Waals surface area contributed by atoms with Gasteiger partial charge in [-0.05, 0) is 63.1 Å². The van der Waals surface area contributed by atoms with Crippen molar-refractivity contribution in [2.45, 2.75) is 51.9 Å². The Morgan fingerprint density at radius 2 is 1.89 bits per heavy atom. The highest BCUT2D eigenvalue weighted by Gasteiger charge is 2.25. The maximum absolute atomic E-state index is 13.7. The third-order valence-corrected chi connectivity index (χ3v) is 7.86. The van der Waals surface area contributed by atoms with Gasteiger partial charge in [0.05, 0.1) is 28.6 Å². The zero-order valence-corrected chi connectivity index (χ0v) is 26.0. The predicted molar refractivity (Wildman–Crippen MR) is 172 cm³/mol. The Morgan fingerprint density at radius 1 is 1.14 bits per heavy atom. The van der Waals surface area contributed by atoms with Crippen LogP contribution in [0.5, 0.6) is 11.5 Å². The summed E-state index contributed by atoms with van der Waals surface area (Å²) in [7, 11) is 0. The molecule has 0 aliphatic heterocycles. The van der Waals surface area contributed by atoms with Crippen LogP contribution in [-0.2, 0) is 4.79 Å². The highest BCUT2D eigenvalue weighted by molar-refractivity contribution is 9.10. The number of hydrogen-bond donors (Lipinski definition) is 1. The lowest BCUT2D eigenvalue weighted by Gasteiger charge is -2.22. The summed E-state index contributed by atoms with van der Waals surface area (Å²) in [5.74, 6) is 0.0509. The molecule has 0 spiro atoms. The number of nitro groups is 1. The van der Waals surface area contributed by atoms with Gasteiger partial charge >= 0.3 is 5.69 Å². The predicted octanol–water partition coefficient (Wildman–Crippen LogP) is 6.72. The van der Waals surface area contributed by atoms with E-state index in [4.69, 9.17) is 14.5 Å². The van der Waals surface area contributed by atoms with Crippen LogP contribution in [0.15, 0.2) is 69.0 Å². The van der Waals surface area contributed by atoms with Crippen LogP contribution in [-0.4, -0.2) is 39.9 Å². The standard InChI is InChI=1S/C32H32BrN5O6/c1-3-43-28-16-21(15-27(38(41)42)30(28)44-19-29(39)35-24-12-9-20(2)10-13-24)18-34-37-31(22-7-5-4-6-8-22)36-26-14-11-23(33)17-25(26)32(37)40/h9-18,22H,3-8,19H2,1-2H3,(H,35,39). The van der Waals surface area contributed by atoms with E-state index in [9.17, 15) is 19.7 Å². The Kier molecular flexibility index (Phi) is 9.69. The quantitative estimate of drug-likeness (QED) is 0.113. The molecule has 1 amide bonds. The van der Waals surface area contributed by atoms with Crippen molar-refractivity contribution in [3.63, 3.8) is 0 Å². The number of carbonyl (C=O) groups is 1. The molecule has 0 bridgehead atoms. The minimum atomic E-state index is -0.609. The third kappa shape index (κ3) is 7.13. The zero-order valence-electron chi connectivity index (χ0n) is 24.4. The zero-order chi connectivity index (χ0) is 31.2. The maximum atomic E-state index is 13.7. The summed E-state index contributed by atoms with van der Waals surface area (Å²) in [5.41, 5.74) is 1.79. The van der Waals surface area contributed by atoms with E-state index in [-0.39, 0.29) is 29.6 Å². The fraction of sp³-hybridized carbons (Fsp3) is 0.312. The van der Waals surface area contributed by atoms with Gasteiger partial charge in [0.25, 0.3) is 11.5 Å². The number of aromatic nitrogens is 2. The van der Waals surface area contributed by atoms with Gasteiger partial charge in [0.2, 0.25) is 5.75 Å². The Labute approximate surface area is 262 Å². The molecule has 3 aromatic carbocycles. The Bertz CT molecular complexity index is 1780. The molecular weight excluding hydrogens is 630 g/mol. The first kappa shape index (κ1) is 30.9. The number of benzene rings is 3. The molecule has 12 heteroatoms. The number of rotatable bonds is 10. The molecule has 44 heavy (non-hydrogen) atoms.